The van der Waals surface area contributed by atoms with Gasteiger partial charge in [-0.3, -0.25) is 4.79 Å². The number of carbonyl (C=O) groups is 2. The molecule has 204 valence electrons. The van der Waals surface area contributed by atoms with E-state index in [-0.39, 0.29) is 24.4 Å². The van der Waals surface area contributed by atoms with E-state index in [0.29, 0.717) is 23.0 Å². The molecule has 1 unspecified atom stereocenters. The number of allylic oxidation sites excluding steroid dienone is 1. The summed E-state index contributed by atoms with van der Waals surface area (Å²) < 4.78 is 11.2. The number of esters is 2. The molecule has 2 aromatic carbocycles. The largest absolute Gasteiger partial charge is 0.462 e. The standard InChI is InChI=1S/C32H42N2O4/c1-3-5-7-23-9-14-25(15-10-23)32(36)38-30-16-11-24(12-17-30)13-18-31(35)37-22-26(8-6-4-2)27-19-28(33)21-29(34)20-27/h3,11-13,16-21,23,25-26H,1,4-10,14-15,22,33-34H2,2H3/b18-13+. The van der Waals surface area contributed by atoms with Gasteiger partial charge in [-0.25, -0.2) is 4.79 Å². The molecule has 0 aliphatic heterocycles. The highest BCUT2D eigenvalue weighted by Crippen LogP contribution is 2.33. The van der Waals surface area contributed by atoms with Gasteiger partial charge >= 0.3 is 11.9 Å². The normalized spacial score (nSPS) is 18.1. The molecule has 1 fully saturated rings. The van der Waals surface area contributed by atoms with Crippen molar-refractivity contribution in [3.63, 3.8) is 0 Å². The molecule has 0 amide bonds. The second-order valence-electron chi connectivity index (χ2n) is 10.3. The highest BCUT2D eigenvalue weighted by molar-refractivity contribution is 5.87. The fourth-order valence-electron chi connectivity index (χ4n) is 5.02. The highest BCUT2D eigenvalue weighted by Gasteiger charge is 2.27. The topological polar surface area (TPSA) is 105 Å². The van der Waals surface area contributed by atoms with Gasteiger partial charge in [0.05, 0.1) is 12.5 Å². The van der Waals surface area contributed by atoms with Crippen molar-refractivity contribution in [1.29, 1.82) is 0 Å². The first-order chi connectivity index (χ1) is 18.4. The van der Waals surface area contributed by atoms with E-state index < -0.39 is 5.97 Å². The molecule has 1 aliphatic carbocycles. The van der Waals surface area contributed by atoms with Gasteiger partial charge in [-0.15, -0.1) is 6.58 Å². The number of carbonyl (C=O) groups excluding carboxylic acids is 2. The Kier molecular flexibility index (Phi) is 11.5. The summed E-state index contributed by atoms with van der Waals surface area (Å²) in [6.45, 7) is 6.18. The van der Waals surface area contributed by atoms with Crippen LogP contribution in [0.2, 0.25) is 0 Å². The lowest BCUT2D eigenvalue weighted by molar-refractivity contribution is -0.140. The van der Waals surface area contributed by atoms with Crippen LogP contribution < -0.4 is 16.2 Å². The van der Waals surface area contributed by atoms with E-state index in [1.165, 1.54) is 6.08 Å². The number of hydrogen-bond acceptors (Lipinski definition) is 6. The van der Waals surface area contributed by atoms with E-state index >= 15 is 0 Å². The van der Waals surface area contributed by atoms with Gasteiger partial charge in [0.2, 0.25) is 0 Å². The molecule has 0 bridgehead atoms. The number of nitrogen functional groups attached to an aromatic ring is 2. The third kappa shape index (κ3) is 9.40. The molecule has 0 aromatic heterocycles. The van der Waals surface area contributed by atoms with Crippen molar-refractivity contribution in [1.82, 2.24) is 0 Å². The lowest BCUT2D eigenvalue weighted by Gasteiger charge is -2.26. The summed E-state index contributed by atoms with van der Waals surface area (Å²) in [6.07, 6.45) is 14.1. The van der Waals surface area contributed by atoms with Crippen molar-refractivity contribution in [3.05, 3.63) is 72.3 Å². The Morgan fingerprint density at radius 3 is 2.37 bits per heavy atom. The van der Waals surface area contributed by atoms with Gasteiger partial charge in [-0.05, 0) is 98.4 Å². The summed E-state index contributed by atoms with van der Waals surface area (Å²) >= 11 is 0. The van der Waals surface area contributed by atoms with Crippen LogP contribution in [0.1, 0.15) is 81.8 Å². The quantitative estimate of drug-likeness (QED) is 0.0967. The van der Waals surface area contributed by atoms with Gasteiger partial charge in [0, 0.05) is 23.4 Å². The van der Waals surface area contributed by atoms with Crippen molar-refractivity contribution < 1.29 is 19.1 Å². The van der Waals surface area contributed by atoms with Crippen molar-refractivity contribution in [2.75, 3.05) is 18.1 Å². The average molecular weight is 519 g/mol. The number of benzene rings is 2. The van der Waals surface area contributed by atoms with Gasteiger partial charge in [-0.2, -0.15) is 0 Å². The van der Waals surface area contributed by atoms with Crippen molar-refractivity contribution in [3.8, 4) is 5.75 Å². The van der Waals surface area contributed by atoms with Crippen LogP contribution in [0.25, 0.3) is 6.08 Å². The first kappa shape index (κ1) is 29.0. The summed E-state index contributed by atoms with van der Waals surface area (Å²) in [6, 6.07) is 12.6. The Morgan fingerprint density at radius 1 is 1.05 bits per heavy atom. The Morgan fingerprint density at radius 2 is 1.74 bits per heavy atom. The van der Waals surface area contributed by atoms with Gasteiger partial charge in [0.25, 0.3) is 0 Å². The predicted molar refractivity (Wildman–Crippen MR) is 154 cm³/mol. The third-order valence-corrected chi connectivity index (χ3v) is 7.27. The molecule has 0 radical (unpaired) electrons. The summed E-state index contributed by atoms with van der Waals surface area (Å²) in [7, 11) is 0. The fraction of sp³-hybridized carbons (Fsp3) is 0.438. The molecule has 1 saturated carbocycles. The van der Waals surface area contributed by atoms with Crippen LogP contribution in [0.3, 0.4) is 0 Å². The van der Waals surface area contributed by atoms with Crippen molar-refractivity contribution >= 4 is 29.4 Å². The second kappa shape index (κ2) is 15.0. The first-order valence-corrected chi connectivity index (χ1v) is 13.8. The maximum Gasteiger partial charge on any atom is 0.330 e. The van der Waals surface area contributed by atoms with Crippen molar-refractivity contribution in [2.45, 2.75) is 70.6 Å². The Hall–Kier alpha value is -3.54. The van der Waals surface area contributed by atoms with Crippen LogP contribution in [0.5, 0.6) is 5.75 Å². The minimum absolute atomic E-state index is 0.0331. The monoisotopic (exact) mass is 518 g/mol. The molecule has 3 rings (SSSR count). The number of rotatable bonds is 13. The van der Waals surface area contributed by atoms with Crippen LogP contribution in [0.4, 0.5) is 11.4 Å². The Labute approximate surface area is 227 Å². The summed E-state index contributed by atoms with van der Waals surface area (Å²) in [5.74, 6) is 0.640. The molecule has 6 nitrogen and oxygen atoms in total. The predicted octanol–water partition coefficient (Wildman–Crippen LogP) is 7.06. The zero-order chi connectivity index (χ0) is 27.3. The van der Waals surface area contributed by atoms with Crippen LogP contribution in [0, 0.1) is 11.8 Å². The molecule has 0 saturated heterocycles. The maximum absolute atomic E-state index is 12.6. The number of unbranched alkanes of at least 4 members (excludes halogenated alkanes) is 1. The van der Waals surface area contributed by atoms with E-state index in [9.17, 15) is 9.59 Å². The fourth-order valence-corrected chi connectivity index (χ4v) is 5.02. The number of anilines is 2. The van der Waals surface area contributed by atoms with Gasteiger partial charge in [-0.1, -0.05) is 38.0 Å². The highest BCUT2D eigenvalue weighted by atomic mass is 16.5. The van der Waals surface area contributed by atoms with Crippen LogP contribution in [-0.4, -0.2) is 18.5 Å². The minimum Gasteiger partial charge on any atom is -0.462 e. The Balaban J connectivity index is 1.47. The van der Waals surface area contributed by atoms with Crippen molar-refractivity contribution in [2.24, 2.45) is 11.8 Å². The number of nitrogens with two attached hydrogens (primary N) is 2. The molecule has 1 aliphatic rings. The summed E-state index contributed by atoms with van der Waals surface area (Å²) in [4.78, 5) is 25.0. The van der Waals surface area contributed by atoms with E-state index in [1.807, 2.05) is 30.3 Å². The third-order valence-electron chi connectivity index (χ3n) is 7.27. The molecule has 2 aromatic rings. The summed E-state index contributed by atoms with van der Waals surface area (Å²) in [5.41, 5.74) is 14.9. The van der Waals surface area contributed by atoms with Crippen LogP contribution >= 0.6 is 0 Å². The van der Waals surface area contributed by atoms with E-state index in [2.05, 4.69) is 13.5 Å². The van der Waals surface area contributed by atoms with E-state index in [4.69, 9.17) is 20.9 Å². The SMILES string of the molecule is C=CCCC1CCC(C(=O)Oc2ccc(/C=C/C(=O)OCC(CCCC)c3cc(N)cc(N)c3)cc2)CC1. The lowest BCUT2D eigenvalue weighted by Crippen LogP contribution is -2.25. The lowest BCUT2D eigenvalue weighted by atomic mass is 9.80. The number of ether oxygens (including phenoxy) is 2. The number of hydrogen-bond donors (Lipinski definition) is 2. The van der Waals surface area contributed by atoms with Gasteiger partial charge in [0.15, 0.2) is 0 Å². The van der Waals surface area contributed by atoms with E-state index in [0.717, 1.165) is 68.9 Å². The maximum atomic E-state index is 12.6. The van der Waals surface area contributed by atoms with Crippen LogP contribution in [0.15, 0.2) is 61.2 Å². The zero-order valence-electron chi connectivity index (χ0n) is 22.6. The summed E-state index contributed by atoms with van der Waals surface area (Å²) in [5, 5.41) is 0. The molecule has 0 spiro atoms. The molecule has 4 N–H and O–H groups in total. The van der Waals surface area contributed by atoms with E-state index in [1.54, 1.807) is 24.3 Å². The Bertz CT molecular complexity index is 1060. The molecular formula is C32H42N2O4. The molecule has 38 heavy (non-hydrogen) atoms. The second-order valence-corrected chi connectivity index (χ2v) is 10.3. The molecular weight excluding hydrogens is 476 g/mol. The van der Waals surface area contributed by atoms with Gasteiger partial charge in [0.1, 0.15) is 5.75 Å². The zero-order valence-corrected chi connectivity index (χ0v) is 22.6. The smallest absolute Gasteiger partial charge is 0.330 e. The molecule has 0 heterocycles. The van der Waals surface area contributed by atoms with Crippen LogP contribution in [-0.2, 0) is 14.3 Å². The molecule has 6 heteroatoms. The van der Waals surface area contributed by atoms with Gasteiger partial charge < -0.3 is 20.9 Å². The minimum atomic E-state index is -0.414. The first-order valence-electron chi connectivity index (χ1n) is 13.8. The average Bonchev–Trinajstić information content (AvgIpc) is 2.91. The molecule has 1 atom stereocenters.